The van der Waals surface area contributed by atoms with E-state index in [4.69, 9.17) is 5.26 Å². The number of amides is 1. The first-order valence-electron chi connectivity index (χ1n) is 7.88. The van der Waals surface area contributed by atoms with E-state index < -0.39 is 0 Å². The molecule has 0 unspecified atom stereocenters. The average Bonchev–Trinajstić information content (AvgIpc) is 2.48. The zero-order chi connectivity index (χ0) is 16.3. The van der Waals surface area contributed by atoms with E-state index in [1.807, 2.05) is 50.8 Å². The van der Waals surface area contributed by atoms with Crippen LogP contribution in [0.4, 0.5) is 5.69 Å². The number of nitrogens with zero attached hydrogens (tertiary/aromatic N) is 2. The Hall–Kier alpha value is -2.02. The van der Waals surface area contributed by atoms with Gasteiger partial charge in [0.05, 0.1) is 11.6 Å². The number of piperidine rings is 1. The molecule has 0 bridgehead atoms. The summed E-state index contributed by atoms with van der Waals surface area (Å²) in [6, 6.07) is 8.25. The molecular formula is C18H25N3O. The number of nitriles is 1. The minimum Gasteiger partial charge on any atom is -0.382 e. The highest BCUT2D eigenvalue weighted by Crippen LogP contribution is 2.24. The topological polar surface area (TPSA) is 56.1 Å². The summed E-state index contributed by atoms with van der Waals surface area (Å²) in [4.78, 5) is 14.3. The Morgan fingerprint density at radius 3 is 2.50 bits per heavy atom. The summed E-state index contributed by atoms with van der Waals surface area (Å²) in [5, 5.41) is 12.5. The zero-order valence-corrected chi connectivity index (χ0v) is 13.9. The molecule has 4 heteroatoms. The Labute approximate surface area is 133 Å². The lowest BCUT2D eigenvalue weighted by molar-refractivity contribution is -0.140. The SMILES string of the molecule is Cc1ccc(C#N)cc1NC1CCN(C(=O)C(C)(C)C)CC1. The van der Waals surface area contributed by atoms with Crippen molar-refractivity contribution >= 4 is 11.6 Å². The van der Waals surface area contributed by atoms with Crippen molar-refractivity contribution < 1.29 is 4.79 Å². The van der Waals surface area contributed by atoms with Crippen molar-refractivity contribution in [1.29, 1.82) is 5.26 Å². The van der Waals surface area contributed by atoms with Crippen LogP contribution in [-0.2, 0) is 4.79 Å². The van der Waals surface area contributed by atoms with Gasteiger partial charge in [-0.15, -0.1) is 0 Å². The predicted octanol–water partition coefficient (Wildman–Crippen LogP) is 3.32. The third kappa shape index (κ3) is 3.79. The van der Waals surface area contributed by atoms with Crippen LogP contribution in [0.1, 0.15) is 44.7 Å². The minimum atomic E-state index is -0.308. The average molecular weight is 299 g/mol. The standard InChI is InChI=1S/C18H25N3O/c1-13-5-6-14(12-19)11-16(13)20-15-7-9-21(10-8-15)17(22)18(2,3)4/h5-6,11,15,20H,7-10H2,1-4H3. The van der Waals surface area contributed by atoms with E-state index in [9.17, 15) is 4.79 Å². The highest BCUT2D eigenvalue weighted by molar-refractivity contribution is 5.81. The second kappa shape index (κ2) is 6.39. The Balaban J connectivity index is 1.96. The molecule has 1 amide bonds. The van der Waals surface area contributed by atoms with E-state index in [2.05, 4.69) is 11.4 Å². The number of rotatable bonds is 2. The maximum atomic E-state index is 12.3. The first-order valence-corrected chi connectivity index (χ1v) is 7.88. The van der Waals surface area contributed by atoms with Gasteiger partial charge in [-0.05, 0) is 37.5 Å². The summed E-state index contributed by atoms with van der Waals surface area (Å²) in [6.07, 6.45) is 1.89. The molecule has 1 fully saturated rings. The molecule has 118 valence electrons. The van der Waals surface area contributed by atoms with Crippen LogP contribution in [0.3, 0.4) is 0 Å². The lowest BCUT2D eigenvalue weighted by Crippen LogP contribution is -2.46. The van der Waals surface area contributed by atoms with Crippen LogP contribution in [0.25, 0.3) is 0 Å². The molecule has 0 spiro atoms. The Morgan fingerprint density at radius 1 is 1.32 bits per heavy atom. The van der Waals surface area contributed by atoms with Crippen molar-refractivity contribution in [3.8, 4) is 6.07 Å². The van der Waals surface area contributed by atoms with Gasteiger partial charge in [-0.1, -0.05) is 26.8 Å². The molecule has 4 nitrogen and oxygen atoms in total. The lowest BCUT2D eigenvalue weighted by Gasteiger charge is -2.36. The monoisotopic (exact) mass is 299 g/mol. The highest BCUT2D eigenvalue weighted by atomic mass is 16.2. The number of hydrogen-bond acceptors (Lipinski definition) is 3. The van der Waals surface area contributed by atoms with Crippen LogP contribution in [-0.4, -0.2) is 29.9 Å². The van der Waals surface area contributed by atoms with Crippen LogP contribution < -0.4 is 5.32 Å². The minimum absolute atomic E-state index is 0.230. The van der Waals surface area contributed by atoms with Gasteiger partial charge in [0.2, 0.25) is 5.91 Å². The molecule has 1 N–H and O–H groups in total. The molecule has 1 aromatic carbocycles. The number of carbonyl (C=O) groups is 1. The second-order valence-corrected chi connectivity index (χ2v) is 7.10. The van der Waals surface area contributed by atoms with Crippen molar-refractivity contribution in [2.45, 2.75) is 46.6 Å². The molecule has 0 saturated carbocycles. The summed E-state index contributed by atoms with van der Waals surface area (Å²) >= 11 is 0. The van der Waals surface area contributed by atoms with Crippen molar-refractivity contribution in [2.75, 3.05) is 18.4 Å². The molecule has 0 atom stereocenters. The molecule has 22 heavy (non-hydrogen) atoms. The van der Waals surface area contributed by atoms with Gasteiger partial charge in [-0.2, -0.15) is 5.26 Å². The van der Waals surface area contributed by atoms with E-state index in [-0.39, 0.29) is 11.3 Å². The van der Waals surface area contributed by atoms with Crippen LogP contribution in [0.15, 0.2) is 18.2 Å². The van der Waals surface area contributed by atoms with Gasteiger partial charge in [0, 0.05) is 30.2 Å². The maximum absolute atomic E-state index is 12.3. The number of aryl methyl sites for hydroxylation is 1. The Kier molecular flexibility index (Phi) is 4.75. The number of carbonyl (C=O) groups excluding carboxylic acids is 1. The molecule has 1 saturated heterocycles. The van der Waals surface area contributed by atoms with Crippen molar-refractivity contribution in [3.05, 3.63) is 29.3 Å². The summed E-state index contributed by atoms with van der Waals surface area (Å²) in [7, 11) is 0. The summed E-state index contributed by atoms with van der Waals surface area (Å²) in [5.74, 6) is 0.230. The fraction of sp³-hybridized carbons (Fsp3) is 0.556. The van der Waals surface area contributed by atoms with Gasteiger partial charge < -0.3 is 10.2 Å². The molecule has 0 aliphatic carbocycles. The molecule has 1 heterocycles. The lowest BCUT2D eigenvalue weighted by atomic mass is 9.93. The highest BCUT2D eigenvalue weighted by Gasteiger charge is 2.30. The largest absolute Gasteiger partial charge is 0.382 e. The summed E-state index contributed by atoms with van der Waals surface area (Å²) in [6.45, 7) is 9.54. The third-order valence-electron chi connectivity index (χ3n) is 4.15. The summed E-state index contributed by atoms with van der Waals surface area (Å²) < 4.78 is 0. The van der Waals surface area contributed by atoms with E-state index >= 15 is 0 Å². The Bertz CT molecular complexity index is 587. The van der Waals surface area contributed by atoms with Crippen molar-refractivity contribution in [3.63, 3.8) is 0 Å². The van der Waals surface area contributed by atoms with Gasteiger partial charge >= 0.3 is 0 Å². The molecule has 1 aliphatic rings. The van der Waals surface area contributed by atoms with Crippen LogP contribution in [0.2, 0.25) is 0 Å². The van der Waals surface area contributed by atoms with Gasteiger partial charge in [-0.25, -0.2) is 0 Å². The molecular weight excluding hydrogens is 274 g/mol. The van der Waals surface area contributed by atoms with Gasteiger partial charge in [-0.3, -0.25) is 4.79 Å². The smallest absolute Gasteiger partial charge is 0.227 e. The van der Waals surface area contributed by atoms with Gasteiger partial charge in [0.1, 0.15) is 0 Å². The van der Waals surface area contributed by atoms with Crippen LogP contribution >= 0.6 is 0 Å². The number of benzene rings is 1. The first-order chi connectivity index (χ1) is 10.3. The van der Waals surface area contributed by atoms with E-state index in [1.54, 1.807) is 0 Å². The third-order valence-corrected chi connectivity index (χ3v) is 4.15. The fourth-order valence-electron chi connectivity index (χ4n) is 2.77. The van der Waals surface area contributed by atoms with Gasteiger partial charge in [0.15, 0.2) is 0 Å². The fourth-order valence-corrected chi connectivity index (χ4v) is 2.77. The number of likely N-dealkylation sites (tertiary alicyclic amines) is 1. The van der Waals surface area contributed by atoms with Gasteiger partial charge in [0.25, 0.3) is 0 Å². The summed E-state index contributed by atoms with van der Waals surface area (Å²) in [5.41, 5.74) is 2.54. The molecule has 1 aliphatic heterocycles. The van der Waals surface area contributed by atoms with E-state index in [1.165, 1.54) is 0 Å². The second-order valence-electron chi connectivity index (χ2n) is 7.10. The Morgan fingerprint density at radius 2 is 1.95 bits per heavy atom. The normalized spacial score (nSPS) is 16.2. The van der Waals surface area contributed by atoms with E-state index in [0.717, 1.165) is 37.2 Å². The van der Waals surface area contributed by atoms with Crippen molar-refractivity contribution in [1.82, 2.24) is 4.90 Å². The zero-order valence-electron chi connectivity index (χ0n) is 13.9. The number of hydrogen-bond donors (Lipinski definition) is 1. The van der Waals surface area contributed by atoms with Crippen LogP contribution in [0, 0.1) is 23.7 Å². The molecule has 1 aromatic rings. The predicted molar refractivity (Wildman–Crippen MR) is 88.6 cm³/mol. The molecule has 0 aromatic heterocycles. The van der Waals surface area contributed by atoms with E-state index in [0.29, 0.717) is 11.6 Å². The maximum Gasteiger partial charge on any atom is 0.227 e. The number of nitrogens with one attached hydrogen (secondary N) is 1. The quantitative estimate of drug-likeness (QED) is 0.911. The molecule has 0 radical (unpaired) electrons. The molecule has 2 rings (SSSR count). The number of anilines is 1. The van der Waals surface area contributed by atoms with Crippen LogP contribution in [0.5, 0.6) is 0 Å². The first kappa shape index (κ1) is 16.4. The van der Waals surface area contributed by atoms with Crippen molar-refractivity contribution in [2.24, 2.45) is 5.41 Å².